The summed E-state index contributed by atoms with van der Waals surface area (Å²) in [7, 11) is -4.29. The van der Waals surface area contributed by atoms with Crippen molar-refractivity contribution in [3.63, 3.8) is 0 Å². The van der Waals surface area contributed by atoms with Crippen molar-refractivity contribution in [2.45, 2.75) is 148 Å². The summed E-state index contributed by atoms with van der Waals surface area (Å²) in [5, 5.41) is 0. The highest BCUT2D eigenvalue weighted by Crippen LogP contribution is 2.43. The molecule has 0 rings (SSSR count). The van der Waals surface area contributed by atoms with Crippen molar-refractivity contribution >= 4 is 13.8 Å². The fourth-order valence-electron chi connectivity index (χ4n) is 4.85. The second-order valence-electron chi connectivity index (χ2n) is 12.4. The molecular formula is C41H72NO7P. The first-order valence-electron chi connectivity index (χ1n) is 19.4. The molecule has 0 saturated heterocycles. The molecule has 0 aromatic heterocycles. The van der Waals surface area contributed by atoms with Crippen molar-refractivity contribution in [2.75, 3.05) is 33.0 Å². The number of phosphoric ester groups is 1. The standard InChI is InChI=1S/C41H72NO7P/c1-3-5-7-9-11-13-15-17-19-20-21-22-24-26-28-30-32-34-41(43)49-40(39-48-50(44,45)47-37-35-42)38-46-36-33-31-29-27-25-23-18-16-14-12-10-8-6-4-2/h5-8,11-14,17-19,23,40H,3-4,9-10,15-16,20-22,24-39,42H2,1-2H3,(H,44,45)/b7-5-,8-6-,13-11-,14-12-,19-17-,23-18-. The van der Waals surface area contributed by atoms with Gasteiger partial charge in [0.1, 0.15) is 6.10 Å². The van der Waals surface area contributed by atoms with E-state index < -0.39 is 13.9 Å². The van der Waals surface area contributed by atoms with Crippen LogP contribution in [0.4, 0.5) is 0 Å². The predicted octanol–water partition coefficient (Wildman–Crippen LogP) is 11.2. The average molecular weight is 722 g/mol. The van der Waals surface area contributed by atoms with E-state index in [0.29, 0.717) is 13.0 Å². The summed E-state index contributed by atoms with van der Waals surface area (Å²) in [5.74, 6) is -0.353. The van der Waals surface area contributed by atoms with E-state index in [2.05, 4.69) is 86.8 Å². The van der Waals surface area contributed by atoms with Gasteiger partial charge in [-0.15, -0.1) is 0 Å². The molecule has 0 amide bonds. The Balaban J connectivity index is 4.15. The maximum atomic E-state index is 12.5. The summed E-state index contributed by atoms with van der Waals surface area (Å²) < 4.78 is 33.3. The molecule has 0 aliphatic rings. The first kappa shape index (κ1) is 47.9. The lowest BCUT2D eigenvalue weighted by Gasteiger charge is -2.20. The Morgan fingerprint density at radius 3 is 1.58 bits per heavy atom. The Kier molecular flexibility index (Phi) is 36.6. The van der Waals surface area contributed by atoms with Crippen LogP contribution >= 0.6 is 7.82 Å². The fraction of sp³-hybridized carbons (Fsp3) is 0.683. The molecule has 0 aliphatic heterocycles. The van der Waals surface area contributed by atoms with E-state index in [1.54, 1.807) is 0 Å². The van der Waals surface area contributed by atoms with Gasteiger partial charge < -0.3 is 20.1 Å². The van der Waals surface area contributed by atoms with Crippen LogP contribution in [0.3, 0.4) is 0 Å². The molecule has 288 valence electrons. The van der Waals surface area contributed by atoms with Crippen molar-refractivity contribution in [3.05, 3.63) is 72.9 Å². The first-order chi connectivity index (χ1) is 24.4. The Labute approximate surface area is 305 Å². The van der Waals surface area contributed by atoms with Gasteiger partial charge in [-0.25, -0.2) is 4.57 Å². The lowest BCUT2D eigenvalue weighted by molar-refractivity contribution is -0.154. The van der Waals surface area contributed by atoms with Crippen LogP contribution in [0, 0.1) is 0 Å². The minimum Gasteiger partial charge on any atom is -0.457 e. The Morgan fingerprint density at radius 2 is 1.06 bits per heavy atom. The van der Waals surface area contributed by atoms with E-state index in [0.717, 1.165) is 103 Å². The van der Waals surface area contributed by atoms with Gasteiger partial charge in [0.2, 0.25) is 0 Å². The van der Waals surface area contributed by atoms with Crippen molar-refractivity contribution in [1.29, 1.82) is 0 Å². The summed E-state index contributed by atoms with van der Waals surface area (Å²) in [6.45, 7) is 4.60. The molecule has 0 aliphatic carbocycles. The Morgan fingerprint density at radius 1 is 0.600 bits per heavy atom. The van der Waals surface area contributed by atoms with E-state index in [1.807, 2.05) is 0 Å². The molecule has 2 unspecified atom stereocenters. The molecular weight excluding hydrogens is 649 g/mol. The quantitative estimate of drug-likeness (QED) is 0.0284. The van der Waals surface area contributed by atoms with Gasteiger partial charge in [-0.05, 0) is 77.0 Å². The van der Waals surface area contributed by atoms with Crippen molar-refractivity contribution in [1.82, 2.24) is 0 Å². The molecule has 0 bridgehead atoms. The highest BCUT2D eigenvalue weighted by atomic mass is 31.2. The number of nitrogens with two attached hydrogens (primary N) is 1. The summed E-state index contributed by atoms with van der Waals surface area (Å²) in [6, 6.07) is 0. The third kappa shape index (κ3) is 37.2. The molecule has 2 atom stereocenters. The number of unbranched alkanes of at least 4 members (excludes halogenated alkanes) is 11. The van der Waals surface area contributed by atoms with Crippen LogP contribution in [-0.2, 0) is 27.9 Å². The highest BCUT2D eigenvalue weighted by Gasteiger charge is 2.25. The number of rotatable bonds is 36. The van der Waals surface area contributed by atoms with Crippen molar-refractivity contribution in [2.24, 2.45) is 5.73 Å². The maximum absolute atomic E-state index is 12.5. The van der Waals surface area contributed by atoms with Crippen molar-refractivity contribution in [3.8, 4) is 0 Å². The number of allylic oxidation sites excluding steroid dienone is 12. The molecule has 0 aromatic carbocycles. The van der Waals surface area contributed by atoms with Crippen LogP contribution in [0.15, 0.2) is 72.9 Å². The van der Waals surface area contributed by atoms with Crippen molar-refractivity contribution < 1.29 is 32.8 Å². The van der Waals surface area contributed by atoms with Crippen LogP contribution in [0.5, 0.6) is 0 Å². The molecule has 0 radical (unpaired) electrons. The number of carbonyl (C=O) groups is 1. The van der Waals surface area contributed by atoms with Gasteiger partial charge in [0, 0.05) is 19.6 Å². The minimum atomic E-state index is -4.29. The van der Waals surface area contributed by atoms with E-state index in [-0.39, 0.29) is 32.3 Å². The van der Waals surface area contributed by atoms with Gasteiger partial charge in [-0.2, -0.15) is 0 Å². The van der Waals surface area contributed by atoms with E-state index >= 15 is 0 Å². The lowest BCUT2D eigenvalue weighted by atomic mass is 10.1. The number of hydrogen-bond acceptors (Lipinski definition) is 7. The van der Waals surface area contributed by atoms with E-state index in [1.165, 1.54) is 19.3 Å². The lowest BCUT2D eigenvalue weighted by Crippen LogP contribution is -2.28. The zero-order chi connectivity index (χ0) is 36.6. The van der Waals surface area contributed by atoms with Crippen LogP contribution in [0.25, 0.3) is 0 Å². The van der Waals surface area contributed by atoms with Gasteiger partial charge in [0.05, 0.1) is 19.8 Å². The molecule has 0 spiro atoms. The molecule has 50 heavy (non-hydrogen) atoms. The first-order valence-corrected chi connectivity index (χ1v) is 20.9. The van der Waals surface area contributed by atoms with Crippen LogP contribution in [0.2, 0.25) is 0 Å². The Hall–Kier alpha value is -2.06. The predicted molar refractivity (Wildman–Crippen MR) is 210 cm³/mol. The number of phosphoric acid groups is 1. The minimum absolute atomic E-state index is 0.0907. The summed E-state index contributed by atoms with van der Waals surface area (Å²) >= 11 is 0. The van der Waals surface area contributed by atoms with Crippen LogP contribution < -0.4 is 5.73 Å². The maximum Gasteiger partial charge on any atom is 0.472 e. The van der Waals surface area contributed by atoms with Crippen LogP contribution in [-0.4, -0.2) is 49.9 Å². The molecule has 0 heterocycles. The number of hydrogen-bond donors (Lipinski definition) is 2. The molecule has 0 saturated carbocycles. The van der Waals surface area contributed by atoms with Crippen LogP contribution in [0.1, 0.15) is 142 Å². The molecule has 0 aromatic rings. The largest absolute Gasteiger partial charge is 0.472 e. The number of ether oxygens (including phenoxy) is 2. The molecule has 0 fully saturated rings. The summed E-state index contributed by atoms with van der Waals surface area (Å²) in [6.07, 6.45) is 46.3. The SMILES string of the molecule is CC/C=C\C/C=C\C/C=C\CCCCCCCCCC(=O)OC(COCCCCCC/C=C\C/C=C\C/C=C\CC)COP(=O)(O)OCCN. The summed E-state index contributed by atoms with van der Waals surface area (Å²) in [5.41, 5.74) is 5.35. The van der Waals surface area contributed by atoms with E-state index in [9.17, 15) is 14.3 Å². The summed E-state index contributed by atoms with van der Waals surface area (Å²) in [4.78, 5) is 22.4. The van der Waals surface area contributed by atoms with Gasteiger partial charge in [0.25, 0.3) is 0 Å². The second kappa shape index (κ2) is 38.2. The van der Waals surface area contributed by atoms with Gasteiger partial charge in [0.15, 0.2) is 0 Å². The number of carbonyl (C=O) groups excluding carboxylic acids is 1. The zero-order valence-electron chi connectivity index (χ0n) is 31.6. The third-order valence-corrected chi connectivity index (χ3v) is 8.60. The van der Waals surface area contributed by atoms with Gasteiger partial charge in [-0.1, -0.05) is 132 Å². The highest BCUT2D eigenvalue weighted by molar-refractivity contribution is 7.47. The van der Waals surface area contributed by atoms with Gasteiger partial charge >= 0.3 is 13.8 Å². The average Bonchev–Trinajstić information content (AvgIpc) is 3.10. The molecule has 3 N–H and O–H groups in total. The number of esters is 1. The Bertz CT molecular complexity index is 989. The van der Waals surface area contributed by atoms with E-state index in [4.69, 9.17) is 24.3 Å². The normalized spacial score (nSPS) is 14.4. The molecule has 8 nitrogen and oxygen atoms in total. The topological polar surface area (TPSA) is 117 Å². The van der Waals surface area contributed by atoms with Gasteiger partial charge in [-0.3, -0.25) is 13.8 Å². The molecule has 9 heteroatoms. The smallest absolute Gasteiger partial charge is 0.457 e. The fourth-order valence-corrected chi connectivity index (χ4v) is 5.61. The second-order valence-corrected chi connectivity index (χ2v) is 13.8. The monoisotopic (exact) mass is 722 g/mol. The third-order valence-electron chi connectivity index (χ3n) is 7.62. The zero-order valence-corrected chi connectivity index (χ0v) is 32.5.